The molecule has 0 bridgehead atoms. The maximum Gasteiger partial charge on any atom is 0.280 e. The van der Waals surface area contributed by atoms with E-state index in [-0.39, 0.29) is 6.61 Å². The van der Waals surface area contributed by atoms with Crippen molar-refractivity contribution in [1.29, 1.82) is 0 Å². The van der Waals surface area contributed by atoms with Crippen LogP contribution in [0.15, 0.2) is 53.6 Å². The first-order valence-corrected chi connectivity index (χ1v) is 7.79. The van der Waals surface area contributed by atoms with Crippen LogP contribution < -0.4 is 11.0 Å². The van der Waals surface area contributed by atoms with E-state index >= 15 is 0 Å². The molecular weight excluding hydrogens is 336 g/mol. The van der Waals surface area contributed by atoms with Gasteiger partial charge in [-0.25, -0.2) is 9.66 Å². The number of hydrogen-bond donors (Lipinski definition) is 1. The van der Waals surface area contributed by atoms with Gasteiger partial charge in [-0.3, -0.25) is 15.0 Å². The van der Waals surface area contributed by atoms with Gasteiger partial charge in [-0.1, -0.05) is 30.3 Å². The zero-order valence-electron chi connectivity index (χ0n) is 13.8. The number of methoxy groups -OCH3 is 1. The third-order valence-electron chi connectivity index (χ3n) is 3.79. The molecule has 0 saturated heterocycles. The molecule has 0 saturated carbocycles. The lowest BCUT2D eigenvalue weighted by atomic mass is 10.2. The standard InChI is InChI=1S/C17H14N6O3/c1-26-10-14(24)20-22-8-7-13-12(16(22)25)9-18-17-19-15(21-23(13)17)11-5-3-2-4-6-11/h2-9H,10H2,1H3,(H,20,24). The summed E-state index contributed by atoms with van der Waals surface area (Å²) in [5.74, 6) is 0.468. The average molecular weight is 350 g/mol. The van der Waals surface area contributed by atoms with Gasteiger partial charge in [0.05, 0.1) is 10.9 Å². The largest absolute Gasteiger partial charge is 0.375 e. The van der Waals surface area contributed by atoms with E-state index in [2.05, 4.69) is 20.5 Å². The van der Waals surface area contributed by atoms with Gasteiger partial charge in [0.2, 0.25) is 0 Å². The lowest BCUT2D eigenvalue weighted by Gasteiger charge is -2.08. The third-order valence-corrected chi connectivity index (χ3v) is 3.79. The number of fused-ring (bicyclic) bond motifs is 3. The predicted octanol–water partition coefficient (Wildman–Crippen LogP) is 0.823. The van der Waals surface area contributed by atoms with E-state index in [1.54, 1.807) is 6.07 Å². The minimum atomic E-state index is -0.435. The first-order valence-electron chi connectivity index (χ1n) is 7.79. The molecule has 0 radical (unpaired) electrons. The topological polar surface area (TPSA) is 103 Å². The Labute approximate surface area is 146 Å². The molecule has 0 aliphatic heterocycles. The van der Waals surface area contributed by atoms with Crippen molar-refractivity contribution in [2.75, 3.05) is 19.1 Å². The Hall–Kier alpha value is -3.59. The molecule has 26 heavy (non-hydrogen) atoms. The number of carbonyl (C=O) groups is 1. The summed E-state index contributed by atoms with van der Waals surface area (Å²) in [7, 11) is 1.40. The van der Waals surface area contributed by atoms with Gasteiger partial charge in [0.1, 0.15) is 6.61 Å². The molecule has 1 amide bonds. The molecule has 1 N–H and O–H groups in total. The Kier molecular flexibility index (Phi) is 3.90. The number of pyridine rings is 1. The second-order valence-electron chi connectivity index (χ2n) is 5.53. The molecule has 1 aromatic carbocycles. The van der Waals surface area contributed by atoms with Crippen LogP contribution in [-0.4, -0.2) is 43.9 Å². The SMILES string of the molecule is COCC(=O)Nn1ccc2c(cnc3nc(-c4ccccc4)nn32)c1=O. The Morgan fingerprint density at radius 2 is 2.04 bits per heavy atom. The minimum absolute atomic E-state index is 0.148. The molecule has 0 fully saturated rings. The van der Waals surface area contributed by atoms with Crippen molar-refractivity contribution in [3.63, 3.8) is 0 Å². The highest BCUT2D eigenvalue weighted by Crippen LogP contribution is 2.17. The van der Waals surface area contributed by atoms with Crippen molar-refractivity contribution in [3.8, 4) is 11.4 Å². The zero-order chi connectivity index (χ0) is 18.1. The molecule has 3 aromatic heterocycles. The monoisotopic (exact) mass is 350 g/mol. The van der Waals surface area contributed by atoms with Gasteiger partial charge in [-0.15, -0.1) is 5.10 Å². The van der Waals surface area contributed by atoms with Crippen LogP contribution in [0, 0.1) is 0 Å². The van der Waals surface area contributed by atoms with Gasteiger partial charge >= 0.3 is 0 Å². The Morgan fingerprint density at radius 1 is 1.23 bits per heavy atom. The van der Waals surface area contributed by atoms with Crippen LogP contribution in [-0.2, 0) is 9.53 Å². The summed E-state index contributed by atoms with van der Waals surface area (Å²) in [4.78, 5) is 32.8. The highest BCUT2D eigenvalue weighted by atomic mass is 16.5. The lowest BCUT2D eigenvalue weighted by molar-refractivity contribution is -0.120. The number of ether oxygens (including phenoxy) is 1. The zero-order valence-corrected chi connectivity index (χ0v) is 13.8. The number of nitrogens with zero attached hydrogens (tertiary/aromatic N) is 5. The Bertz CT molecular complexity index is 1170. The average Bonchev–Trinajstić information content (AvgIpc) is 3.09. The molecule has 0 atom stereocenters. The van der Waals surface area contributed by atoms with Gasteiger partial charge < -0.3 is 4.74 Å². The van der Waals surface area contributed by atoms with Crippen LogP contribution in [0.4, 0.5) is 0 Å². The highest BCUT2D eigenvalue weighted by molar-refractivity contribution is 5.85. The molecule has 9 nitrogen and oxygen atoms in total. The number of hydrogen-bond acceptors (Lipinski definition) is 6. The summed E-state index contributed by atoms with van der Waals surface area (Å²) in [6.45, 7) is -0.148. The van der Waals surface area contributed by atoms with E-state index in [0.29, 0.717) is 22.5 Å². The molecule has 4 aromatic rings. The molecule has 3 heterocycles. The van der Waals surface area contributed by atoms with Crippen LogP contribution in [0.1, 0.15) is 0 Å². The van der Waals surface area contributed by atoms with Crippen molar-refractivity contribution >= 4 is 22.6 Å². The van der Waals surface area contributed by atoms with E-state index in [4.69, 9.17) is 4.74 Å². The quantitative estimate of drug-likeness (QED) is 0.584. The Balaban J connectivity index is 1.83. The summed E-state index contributed by atoms with van der Waals surface area (Å²) in [5, 5.41) is 4.77. The van der Waals surface area contributed by atoms with Crippen molar-refractivity contribution in [3.05, 3.63) is 59.1 Å². The van der Waals surface area contributed by atoms with Crippen LogP contribution >= 0.6 is 0 Å². The maximum atomic E-state index is 12.6. The second-order valence-corrected chi connectivity index (χ2v) is 5.53. The Morgan fingerprint density at radius 3 is 2.81 bits per heavy atom. The molecule has 0 spiro atoms. The highest BCUT2D eigenvalue weighted by Gasteiger charge is 2.13. The van der Waals surface area contributed by atoms with Crippen LogP contribution in [0.2, 0.25) is 0 Å². The molecule has 0 unspecified atom stereocenters. The maximum absolute atomic E-state index is 12.6. The molecule has 0 aliphatic carbocycles. The van der Waals surface area contributed by atoms with Gasteiger partial charge in [-0.05, 0) is 6.07 Å². The third kappa shape index (κ3) is 2.70. The minimum Gasteiger partial charge on any atom is -0.375 e. The van der Waals surface area contributed by atoms with E-state index in [0.717, 1.165) is 10.2 Å². The summed E-state index contributed by atoms with van der Waals surface area (Å²) < 4.78 is 7.35. The fourth-order valence-electron chi connectivity index (χ4n) is 2.61. The second kappa shape index (κ2) is 6.37. The molecule has 4 rings (SSSR count). The van der Waals surface area contributed by atoms with Crippen LogP contribution in [0.3, 0.4) is 0 Å². The van der Waals surface area contributed by atoms with Gasteiger partial charge in [0, 0.05) is 25.1 Å². The normalized spacial score (nSPS) is 11.1. The number of benzene rings is 1. The van der Waals surface area contributed by atoms with E-state index in [1.807, 2.05) is 30.3 Å². The molecule has 9 heteroatoms. The molecule has 130 valence electrons. The number of rotatable bonds is 4. The van der Waals surface area contributed by atoms with Crippen molar-refractivity contribution < 1.29 is 9.53 Å². The summed E-state index contributed by atoms with van der Waals surface area (Å²) >= 11 is 0. The van der Waals surface area contributed by atoms with Gasteiger partial charge in [0.15, 0.2) is 5.82 Å². The van der Waals surface area contributed by atoms with Crippen molar-refractivity contribution in [2.24, 2.45) is 0 Å². The van der Waals surface area contributed by atoms with E-state index in [9.17, 15) is 9.59 Å². The summed E-state index contributed by atoms with van der Waals surface area (Å²) in [6.07, 6.45) is 2.89. The van der Waals surface area contributed by atoms with Crippen LogP contribution in [0.25, 0.3) is 28.1 Å². The first-order chi connectivity index (χ1) is 12.7. The lowest BCUT2D eigenvalue weighted by Crippen LogP contribution is -2.34. The number of amides is 1. The number of carbonyl (C=O) groups excluding carboxylic acids is 1. The molecule has 0 aliphatic rings. The summed E-state index contributed by atoms with van der Waals surface area (Å²) in [5.41, 5.74) is 3.43. The summed E-state index contributed by atoms with van der Waals surface area (Å²) in [6, 6.07) is 11.2. The smallest absolute Gasteiger partial charge is 0.280 e. The molecular formula is C17H14N6O3. The van der Waals surface area contributed by atoms with Gasteiger partial charge in [-0.2, -0.15) is 9.50 Å². The first kappa shape index (κ1) is 15.9. The number of nitrogens with one attached hydrogen (secondary N) is 1. The predicted molar refractivity (Wildman–Crippen MR) is 94.2 cm³/mol. The fourth-order valence-corrected chi connectivity index (χ4v) is 2.61. The van der Waals surface area contributed by atoms with E-state index < -0.39 is 11.5 Å². The fraction of sp³-hybridized carbons (Fsp3) is 0.118. The number of aromatic nitrogens is 5. The van der Waals surface area contributed by atoms with Gasteiger partial charge in [0.25, 0.3) is 17.2 Å². The van der Waals surface area contributed by atoms with Crippen molar-refractivity contribution in [2.45, 2.75) is 0 Å². The van der Waals surface area contributed by atoms with Crippen LogP contribution in [0.5, 0.6) is 0 Å². The van der Waals surface area contributed by atoms with Crippen molar-refractivity contribution in [1.82, 2.24) is 24.3 Å². The van der Waals surface area contributed by atoms with E-state index in [1.165, 1.54) is 24.0 Å².